The summed E-state index contributed by atoms with van der Waals surface area (Å²) in [6, 6.07) is 0. The quantitative estimate of drug-likeness (QED) is 0.517. The van der Waals surface area contributed by atoms with Crippen LogP contribution in [-0.4, -0.2) is 48.5 Å². The van der Waals surface area contributed by atoms with Gasteiger partial charge in [-0.2, -0.15) is 0 Å². The van der Waals surface area contributed by atoms with E-state index in [4.69, 9.17) is 4.74 Å². The first kappa shape index (κ1) is 14.5. The first-order valence-electron chi connectivity index (χ1n) is 5.83. The molecule has 0 aromatic carbocycles. The Bertz CT molecular complexity index is 358. The van der Waals surface area contributed by atoms with Crippen molar-refractivity contribution >= 4 is 17.8 Å². The van der Waals surface area contributed by atoms with Crippen molar-refractivity contribution in [3.8, 4) is 0 Å². The molecule has 0 N–H and O–H groups in total. The third-order valence-corrected chi connectivity index (χ3v) is 2.56. The van der Waals surface area contributed by atoms with Crippen molar-refractivity contribution in [1.82, 2.24) is 4.90 Å². The predicted molar refractivity (Wildman–Crippen MR) is 62.9 cm³/mol. The van der Waals surface area contributed by atoms with E-state index in [0.717, 1.165) is 0 Å². The number of amides is 1. The molecular weight excluding hydrogens is 238 g/mol. The van der Waals surface area contributed by atoms with Gasteiger partial charge in [-0.05, 0) is 27.2 Å². The van der Waals surface area contributed by atoms with E-state index in [-0.39, 0.29) is 18.7 Å². The minimum Gasteiger partial charge on any atom is -0.468 e. The molecule has 1 atom stereocenters. The van der Waals surface area contributed by atoms with E-state index in [9.17, 15) is 14.4 Å². The van der Waals surface area contributed by atoms with Gasteiger partial charge in [-0.3, -0.25) is 9.59 Å². The zero-order valence-corrected chi connectivity index (χ0v) is 11.2. The molecule has 1 fully saturated rings. The minimum absolute atomic E-state index is 0.103. The Balaban J connectivity index is 2.58. The highest BCUT2D eigenvalue weighted by molar-refractivity contribution is 6.01. The normalized spacial score (nSPS) is 20.6. The number of Topliss-reactive ketones (excluding diaryl/α,β-unsaturated/α-hetero) is 1. The second-order valence-electron chi connectivity index (χ2n) is 5.23. The zero-order chi connectivity index (χ0) is 13.9. The molecule has 0 saturated carbocycles. The number of hydrogen-bond acceptors (Lipinski definition) is 5. The average molecular weight is 257 g/mol. The summed E-state index contributed by atoms with van der Waals surface area (Å²) < 4.78 is 9.71. The van der Waals surface area contributed by atoms with Crippen LogP contribution in [0.1, 0.15) is 27.2 Å². The topological polar surface area (TPSA) is 72.9 Å². The Morgan fingerprint density at radius 3 is 2.39 bits per heavy atom. The maximum Gasteiger partial charge on any atom is 0.410 e. The van der Waals surface area contributed by atoms with Gasteiger partial charge in [0.25, 0.3) is 0 Å². The van der Waals surface area contributed by atoms with Gasteiger partial charge in [-0.15, -0.1) is 0 Å². The summed E-state index contributed by atoms with van der Waals surface area (Å²) in [7, 11) is 1.25. The van der Waals surface area contributed by atoms with Crippen molar-refractivity contribution in [2.24, 2.45) is 5.92 Å². The second-order valence-corrected chi connectivity index (χ2v) is 5.23. The summed E-state index contributed by atoms with van der Waals surface area (Å²) in [6.45, 7) is 5.49. The standard InChI is InChI=1S/C12H19NO5/c1-12(2,3)18-11(16)13-6-5-8(9(14)7-13)10(15)17-4/h8H,5-7H2,1-4H3. The Labute approximate surface area is 106 Å². The average Bonchev–Trinajstić information content (AvgIpc) is 2.25. The molecule has 18 heavy (non-hydrogen) atoms. The van der Waals surface area contributed by atoms with Gasteiger partial charge in [0.1, 0.15) is 11.5 Å². The van der Waals surface area contributed by atoms with Crippen molar-refractivity contribution in [2.75, 3.05) is 20.2 Å². The van der Waals surface area contributed by atoms with E-state index in [1.165, 1.54) is 12.0 Å². The van der Waals surface area contributed by atoms with Gasteiger partial charge in [0.2, 0.25) is 0 Å². The number of esters is 1. The lowest BCUT2D eigenvalue weighted by atomic mass is 9.96. The molecule has 1 heterocycles. The maximum atomic E-state index is 11.7. The van der Waals surface area contributed by atoms with Gasteiger partial charge < -0.3 is 14.4 Å². The lowest BCUT2D eigenvalue weighted by Gasteiger charge is -2.31. The molecule has 0 bridgehead atoms. The molecule has 0 spiro atoms. The molecule has 0 aromatic rings. The molecule has 0 radical (unpaired) electrons. The van der Waals surface area contributed by atoms with Gasteiger partial charge in [-0.25, -0.2) is 4.79 Å². The minimum atomic E-state index is -0.756. The van der Waals surface area contributed by atoms with E-state index >= 15 is 0 Å². The first-order valence-corrected chi connectivity index (χ1v) is 5.83. The van der Waals surface area contributed by atoms with E-state index in [2.05, 4.69) is 4.74 Å². The summed E-state index contributed by atoms with van der Waals surface area (Å²) in [4.78, 5) is 36.1. The third-order valence-electron chi connectivity index (χ3n) is 2.56. The van der Waals surface area contributed by atoms with Crippen molar-refractivity contribution in [3.63, 3.8) is 0 Å². The fourth-order valence-corrected chi connectivity index (χ4v) is 1.70. The highest BCUT2D eigenvalue weighted by Gasteiger charge is 2.36. The van der Waals surface area contributed by atoms with E-state index in [1.807, 2.05) is 0 Å². The highest BCUT2D eigenvalue weighted by Crippen LogP contribution is 2.18. The van der Waals surface area contributed by atoms with E-state index in [1.54, 1.807) is 20.8 Å². The van der Waals surface area contributed by atoms with Gasteiger partial charge in [0, 0.05) is 6.54 Å². The van der Waals surface area contributed by atoms with Crippen LogP contribution >= 0.6 is 0 Å². The fraction of sp³-hybridized carbons (Fsp3) is 0.750. The van der Waals surface area contributed by atoms with Crippen LogP contribution in [0.4, 0.5) is 4.79 Å². The predicted octanol–water partition coefficient (Wildman–Crippen LogP) is 0.985. The summed E-state index contributed by atoms with van der Waals surface area (Å²) in [5.74, 6) is -1.60. The molecule has 1 aliphatic heterocycles. The molecule has 0 aromatic heterocycles. The third kappa shape index (κ3) is 3.72. The number of hydrogen-bond donors (Lipinski definition) is 0. The van der Waals surface area contributed by atoms with Crippen LogP contribution in [0.15, 0.2) is 0 Å². The summed E-state index contributed by atoms with van der Waals surface area (Å²) in [5.41, 5.74) is -0.598. The number of methoxy groups -OCH3 is 1. The molecule has 1 amide bonds. The number of rotatable bonds is 1. The molecule has 1 saturated heterocycles. The Kier molecular flexibility index (Phi) is 4.32. The van der Waals surface area contributed by atoms with Crippen LogP contribution in [0.3, 0.4) is 0 Å². The van der Waals surface area contributed by atoms with Gasteiger partial charge in [0.05, 0.1) is 13.7 Å². The summed E-state index contributed by atoms with van der Waals surface area (Å²) >= 11 is 0. The van der Waals surface area contributed by atoms with Crippen LogP contribution in [0.25, 0.3) is 0 Å². The van der Waals surface area contributed by atoms with Crippen LogP contribution < -0.4 is 0 Å². The monoisotopic (exact) mass is 257 g/mol. The molecule has 0 aliphatic carbocycles. The summed E-state index contributed by atoms with van der Waals surface area (Å²) in [5, 5.41) is 0. The smallest absolute Gasteiger partial charge is 0.410 e. The van der Waals surface area contributed by atoms with Crippen molar-refractivity contribution in [1.29, 1.82) is 0 Å². The Morgan fingerprint density at radius 2 is 1.94 bits per heavy atom. The Morgan fingerprint density at radius 1 is 1.33 bits per heavy atom. The molecule has 6 nitrogen and oxygen atoms in total. The van der Waals surface area contributed by atoms with Crippen LogP contribution in [0.5, 0.6) is 0 Å². The molecule has 1 unspecified atom stereocenters. The van der Waals surface area contributed by atoms with Gasteiger partial charge in [-0.1, -0.05) is 0 Å². The number of ether oxygens (including phenoxy) is 2. The largest absolute Gasteiger partial charge is 0.468 e. The van der Waals surface area contributed by atoms with Crippen molar-refractivity contribution in [3.05, 3.63) is 0 Å². The van der Waals surface area contributed by atoms with Crippen molar-refractivity contribution < 1.29 is 23.9 Å². The Hall–Kier alpha value is -1.59. The van der Waals surface area contributed by atoms with Gasteiger partial charge in [0.15, 0.2) is 5.78 Å². The van der Waals surface area contributed by atoms with Crippen LogP contribution in [-0.2, 0) is 19.1 Å². The first-order chi connectivity index (χ1) is 8.24. The number of ketones is 1. The number of carbonyl (C=O) groups excluding carboxylic acids is 3. The second kappa shape index (κ2) is 5.37. The SMILES string of the molecule is COC(=O)C1CCN(C(=O)OC(C)(C)C)CC1=O. The lowest BCUT2D eigenvalue weighted by molar-refractivity contribution is -0.151. The number of nitrogens with zero attached hydrogens (tertiary/aromatic N) is 1. The maximum absolute atomic E-state index is 11.7. The number of likely N-dealkylation sites (tertiary alicyclic amines) is 1. The van der Waals surface area contributed by atoms with E-state index in [0.29, 0.717) is 6.54 Å². The van der Waals surface area contributed by atoms with E-state index < -0.39 is 23.6 Å². The zero-order valence-electron chi connectivity index (χ0n) is 11.2. The molecule has 102 valence electrons. The lowest BCUT2D eigenvalue weighted by Crippen LogP contribution is -2.48. The molecule has 6 heteroatoms. The van der Waals surface area contributed by atoms with Crippen LogP contribution in [0.2, 0.25) is 0 Å². The number of piperidine rings is 1. The summed E-state index contributed by atoms with van der Waals surface area (Å²) in [6.07, 6.45) is -0.246. The number of carbonyl (C=O) groups is 3. The van der Waals surface area contributed by atoms with Crippen molar-refractivity contribution in [2.45, 2.75) is 32.8 Å². The highest BCUT2D eigenvalue weighted by atomic mass is 16.6. The fourth-order valence-electron chi connectivity index (χ4n) is 1.70. The molecular formula is C12H19NO5. The molecule has 1 rings (SSSR count). The van der Waals surface area contributed by atoms with Crippen LogP contribution in [0, 0.1) is 5.92 Å². The van der Waals surface area contributed by atoms with Gasteiger partial charge >= 0.3 is 12.1 Å². The molecule has 1 aliphatic rings.